The number of thiazole rings is 1. The molecule has 0 unspecified atom stereocenters. The molecule has 5 rings (SSSR count). The summed E-state index contributed by atoms with van der Waals surface area (Å²) in [5, 5.41) is 16.2. The maximum Gasteiger partial charge on any atom is 0.229 e. The molecule has 0 saturated carbocycles. The Morgan fingerprint density at radius 3 is 2.59 bits per heavy atom. The van der Waals surface area contributed by atoms with Gasteiger partial charge in [-0.2, -0.15) is 5.10 Å². The summed E-state index contributed by atoms with van der Waals surface area (Å²) in [5.74, 6) is 1.44. The summed E-state index contributed by atoms with van der Waals surface area (Å²) >= 11 is 1.50. The molecule has 0 aliphatic carbocycles. The zero-order valence-electron chi connectivity index (χ0n) is 15.5. The Morgan fingerprint density at radius 1 is 1.07 bits per heavy atom. The van der Waals surface area contributed by atoms with E-state index < -0.39 is 0 Å². The normalized spacial score (nSPS) is 15.0. The van der Waals surface area contributed by atoms with E-state index in [2.05, 4.69) is 35.5 Å². The summed E-state index contributed by atoms with van der Waals surface area (Å²) in [4.78, 5) is 23.2. The lowest BCUT2D eigenvalue weighted by atomic mass is 9.96. The van der Waals surface area contributed by atoms with Crippen LogP contribution in [0.3, 0.4) is 0 Å². The monoisotopic (exact) mass is 406 g/mol. The molecule has 10 heteroatoms. The number of aromatic nitrogens is 6. The number of hydrogen-bond donors (Lipinski definition) is 1. The Labute approximate surface area is 170 Å². The van der Waals surface area contributed by atoms with Gasteiger partial charge in [0.25, 0.3) is 0 Å². The largest absolute Gasteiger partial charge is 0.355 e. The highest BCUT2D eigenvalue weighted by Crippen LogP contribution is 2.27. The molecular weight excluding hydrogens is 388 g/mol. The molecule has 0 radical (unpaired) electrons. The van der Waals surface area contributed by atoms with E-state index in [-0.39, 0.29) is 11.8 Å². The molecule has 1 amide bonds. The predicted molar refractivity (Wildman–Crippen MR) is 110 cm³/mol. The zero-order chi connectivity index (χ0) is 19.6. The van der Waals surface area contributed by atoms with Crippen molar-refractivity contribution in [3.8, 4) is 5.82 Å². The summed E-state index contributed by atoms with van der Waals surface area (Å²) in [6.07, 6.45) is 4.57. The van der Waals surface area contributed by atoms with Crippen molar-refractivity contribution in [2.24, 2.45) is 5.92 Å². The van der Waals surface area contributed by atoms with Crippen LogP contribution in [-0.2, 0) is 4.79 Å². The molecule has 146 valence electrons. The van der Waals surface area contributed by atoms with Crippen LogP contribution in [-0.4, -0.2) is 48.9 Å². The standard InChI is InChI=1S/C19H18N8OS/c28-18(23-19-22-14-3-1-2-4-15(14)29-19)13-7-9-26(10-8-13)16-5-6-17(25-24-16)27-12-20-11-21-27/h1-6,11-13H,7-10H2,(H,22,23,28). The van der Waals surface area contributed by atoms with Crippen molar-refractivity contribution in [3.05, 3.63) is 49.1 Å². The fraction of sp³-hybridized carbons (Fsp3) is 0.263. The van der Waals surface area contributed by atoms with Gasteiger partial charge < -0.3 is 10.2 Å². The van der Waals surface area contributed by atoms with Gasteiger partial charge in [0.15, 0.2) is 16.8 Å². The van der Waals surface area contributed by atoms with Crippen molar-refractivity contribution < 1.29 is 4.79 Å². The number of amides is 1. The SMILES string of the molecule is O=C(Nc1nc2ccccc2s1)C1CCN(c2ccc(-n3cncn3)nn2)CC1. The number of para-hydroxylation sites is 1. The molecular formula is C19H18N8OS. The molecule has 1 N–H and O–H groups in total. The average Bonchev–Trinajstić information content (AvgIpc) is 3.43. The Balaban J connectivity index is 1.19. The number of carbonyl (C=O) groups excluding carboxylic acids is 1. The van der Waals surface area contributed by atoms with Gasteiger partial charge >= 0.3 is 0 Å². The Kier molecular flexibility index (Phi) is 4.60. The van der Waals surface area contributed by atoms with Gasteiger partial charge in [0.1, 0.15) is 12.7 Å². The van der Waals surface area contributed by atoms with E-state index in [1.807, 2.05) is 36.4 Å². The Hall–Kier alpha value is -3.40. The molecule has 4 aromatic rings. The van der Waals surface area contributed by atoms with Crippen LogP contribution in [0.15, 0.2) is 49.1 Å². The number of rotatable bonds is 4. The molecule has 0 bridgehead atoms. The Morgan fingerprint density at radius 2 is 1.86 bits per heavy atom. The van der Waals surface area contributed by atoms with Gasteiger partial charge in [-0.15, -0.1) is 10.2 Å². The minimum Gasteiger partial charge on any atom is -0.355 e. The highest BCUT2D eigenvalue weighted by molar-refractivity contribution is 7.22. The number of nitrogens with one attached hydrogen (secondary N) is 1. The van der Waals surface area contributed by atoms with E-state index in [0.717, 1.165) is 42.0 Å². The molecule has 1 aliphatic rings. The van der Waals surface area contributed by atoms with Crippen LogP contribution in [0.2, 0.25) is 0 Å². The van der Waals surface area contributed by atoms with Crippen LogP contribution in [0.1, 0.15) is 12.8 Å². The van der Waals surface area contributed by atoms with Crippen LogP contribution in [0, 0.1) is 5.92 Å². The number of nitrogens with zero attached hydrogens (tertiary/aromatic N) is 7. The van der Waals surface area contributed by atoms with E-state index in [1.54, 1.807) is 11.0 Å². The van der Waals surface area contributed by atoms with Crippen molar-refractivity contribution in [2.75, 3.05) is 23.3 Å². The third kappa shape index (κ3) is 3.66. The number of anilines is 2. The lowest BCUT2D eigenvalue weighted by Gasteiger charge is -2.31. The molecule has 9 nitrogen and oxygen atoms in total. The van der Waals surface area contributed by atoms with Gasteiger partial charge in [-0.1, -0.05) is 23.5 Å². The maximum absolute atomic E-state index is 12.7. The van der Waals surface area contributed by atoms with E-state index in [9.17, 15) is 4.79 Å². The topological polar surface area (TPSA) is 102 Å². The minimum atomic E-state index is -0.0272. The van der Waals surface area contributed by atoms with Gasteiger partial charge in [-0.3, -0.25) is 4.79 Å². The minimum absolute atomic E-state index is 0.0272. The van der Waals surface area contributed by atoms with Gasteiger partial charge in [-0.25, -0.2) is 14.6 Å². The summed E-state index contributed by atoms with van der Waals surface area (Å²) < 4.78 is 2.64. The van der Waals surface area contributed by atoms with E-state index in [1.165, 1.54) is 17.7 Å². The van der Waals surface area contributed by atoms with Gasteiger partial charge in [0.2, 0.25) is 5.91 Å². The van der Waals surface area contributed by atoms with Crippen molar-refractivity contribution in [2.45, 2.75) is 12.8 Å². The first-order valence-corrected chi connectivity index (χ1v) is 10.2. The fourth-order valence-electron chi connectivity index (χ4n) is 3.44. The van der Waals surface area contributed by atoms with Crippen molar-refractivity contribution in [1.29, 1.82) is 0 Å². The lowest BCUT2D eigenvalue weighted by Crippen LogP contribution is -2.38. The summed E-state index contributed by atoms with van der Waals surface area (Å²) in [5.41, 5.74) is 0.913. The molecule has 4 heterocycles. The first kappa shape index (κ1) is 17.7. The zero-order valence-corrected chi connectivity index (χ0v) is 16.3. The van der Waals surface area contributed by atoms with E-state index in [0.29, 0.717) is 10.9 Å². The highest BCUT2D eigenvalue weighted by Gasteiger charge is 2.26. The molecule has 0 spiro atoms. The molecule has 1 aliphatic heterocycles. The molecule has 1 aromatic carbocycles. The number of benzene rings is 1. The second-order valence-corrected chi connectivity index (χ2v) is 7.86. The quantitative estimate of drug-likeness (QED) is 0.556. The number of piperidine rings is 1. The first-order valence-electron chi connectivity index (χ1n) is 9.36. The van der Waals surface area contributed by atoms with Crippen LogP contribution in [0.5, 0.6) is 0 Å². The van der Waals surface area contributed by atoms with Crippen molar-refractivity contribution in [1.82, 2.24) is 29.9 Å². The van der Waals surface area contributed by atoms with Crippen LogP contribution in [0.25, 0.3) is 16.0 Å². The number of carbonyl (C=O) groups is 1. The average molecular weight is 406 g/mol. The molecule has 29 heavy (non-hydrogen) atoms. The Bertz CT molecular complexity index is 1080. The third-order valence-electron chi connectivity index (χ3n) is 5.00. The third-order valence-corrected chi connectivity index (χ3v) is 5.96. The molecule has 3 aromatic heterocycles. The fourth-order valence-corrected chi connectivity index (χ4v) is 4.31. The predicted octanol–water partition coefficient (Wildman–Crippen LogP) is 2.52. The van der Waals surface area contributed by atoms with Gasteiger partial charge in [0.05, 0.1) is 10.2 Å². The van der Waals surface area contributed by atoms with Crippen molar-refractivity contribution >= 4 is 38.4 Å². The second-order valence-electron chi connectivity index (χ2n) is 6.83. The summed E-state index contributed by atoms with van der Waals surface area (Å²) in [6, 6.07) is 11.7. The smallest absolute Gasteiger partial charge is 0.229 e. The summed E-state index contributed by atoms with van der Waals surface area (Å²) in [7, 11) is 0. The van der Waals surface area contributed by atoms with Crippen LogP contribution < -0.4 is 10.2 Å². The highest BCUT2D eigenvalue weighted by atomic mass is 32.1. The maximum atomic E-state index is 12.7. The van der Waals surface area contributed by atoms with E-state index >= 15 is 0 Å². The molecule has 1 fully saturated rings. The first-order chi connectivity index (χ1) is 14.3. The number of fused-ring (bicyclic) bond motifs is 1. The summed E-state index contributed by atoms with van der Waals surface area (Å²) in [6.45, 7) is 1.52. The van der Waals surface area contributed by atoms with Crippen molar-refractivity contribution in [3.63, 3.8) is 0 Å². The van der Waals surface area contributed by atoms with Crippen LogP contribution in [0.4, 0.5) is 10.9 Å². The second kappa shape index (κ2) is 7.55. The van der Waals surface area contributed by atoms with Gasteiger partial charge in [0, 0.05) is 19.0 Å². The molecule has 0 atom stereocenters. The van der Waals surface area contributed by atoms with E-state index in [4.69, 9.17) is 0 Å². The lowest BCUT2D eigenvalue weighted by molar-refractivity contribution is -0.120. The van der Waals surface area contributed by atoms with Gasteiger partial charge in [-0.05, 0) is 37.1 Å². The van der Waals surface area contributed by atoms with Crippen LogP contribution >= 0.6 is 11.3 Å². The number of hydrogen-bond acceptors (Lipinski definition) is 8. The molecule has 1 saturated heterocycles.